The van der Waals surface area contributed by atoms with Crippen LogP contribution >= 0.6 is 24.8 Å². The molecule has 0 aliphatic heterocycles. The van der Waals surface area contributed by atoms with Crippen molar-refractivity contribution in [3.8, 4) is 0 Å². The number of hydrogen-bond acceptors (Lipinski definition) is 1. The zero-order valence-corrected chi connectivity index (χ0v) is 9.06. The van der Waals surface area contributed by atoms with Gasteiger partial charge in [0.15, 0.2) is 0 Å². The molecule has 0 unspecified atom stereocenters. The molecule has 1 radical (unpaired) electrons. The molecule has 0 saturated heterocycles. The Morgan fingerprint density at radius 3 is 1.14 bits per heavy atom. The van der Waals surface area contributed by atoms with E-state index < -0.39 is 0 Å². The maximum absolute atomic E-state index is 6.42. The molecule has 0 amide bonds. The van der Waals surface area contributed by atoms with Gasteiger partial charge >= 0.3 is 0 Å². The molecule has 2 nitrogen and oxygen atoms in total. The van der Waals surface area contributed by atoms with E-state index in [-0.39, 0.29) is 47.2 Å². The van der Waals surface area contributed by atoms with Gasteiger partial charge in [-0.1, -0.05) is 0 Å². The van der Waals surface area contributed by atoms with Crippen molar-refractivity contribution in [2.75, 3.05) is 14.1 Å². The average molecular weight is 313 g/mol. The van der Waals surface area contributed by atoms with Gasteiger partial charge in [-0.2, -0.15) is 0 Å². The molecule has 0 aliphatic rings. The van der Waals surface area contributed by atoms with E-state index in [9.17, 15) is 0 Å². The normalized spacial score (nSPS) is 5.14. The van der Waals surface area contributed by atoms with E-state index in [1.54, 1.807) is 14.1 Å². The first-order chi connectivity index (χ1) is 1.73. The molecule has 47 valence electrons. The van der Waals surface area contributed by atoms with Crippen molar-refractivity contribution in [2.24, 2.45) is 0 Å². The maximum atomic E-state index is 6.42. The Hall–Kier alpha value is 1.24. The number of halogens is 2. The fourth-order valence-electron chi connectivity index (χ4n) is 0. The Kier molecular flexibility index (Phi) is 53.8. The van der Waals surface area contributed by atoms with Gasteiger partial charge in [-0.05, 0) is 14.1 Å². The predicted octanol–water partition coefficient (Wildman–Crippen LogP) is 1.36. The Morgan fingerprint density at radius 2 is 1.14 bits per heavy atom. The molecule has 0 aliphatic carbocycles. The topological polar surface area (TPSA) is 27.0 Å². The third kappa shape index (κ3) is 129. The first-order valence-corrected chi connectivity index (χ1v) is 1.12. The van der Waals surface area contributed by atoms with Gasteiger partial charge in [-0.3, -0.25) is 0 Å². The number of rotatable bonds is 0. The molecule has 0 heterocycles. The van der Waals surface area contributed by atoms with E-state index in [0.717, 1.165) is 0 Å². The molecule has 0 rings (SSSR count). The summed E-state index contributed by atoms with van der Waals surface area (Å²) >= 11 is 0. The molecular formula is C2H9Cl2N2Ta-. The van der Waals surface area contributed by atoms with E-state index in [0.29, 0.717) is 0 Å². The molecule has 0 aromatic rings. The summed E-state index contributed by atoms with van der Waals surface area (Å²) in [5.74, 6) is 6.42. The smallest absolute Gasteiger partial charge is 0 e. The van der Waals surface area contributed by atoms with Gasteiger partial charge in [0, 0.05) is 22.4 Å². The van der Waals surface area contributed by atoms with Crippen LogP contribution in [0.2, 0.25) is 0 Å². The van der Waals surface area contributed by atoms with Gasteiger partial charge in [0.05, 0.1) is 0 Å². The van der Waals surface area contributed by atoms with Crippen molar-refractivity contribution in [1.82, 2.24) is 5.01 Å². The van der Waals surface area contributed by atoms with Crippen molar-refractivity contribution < 1.29 is 22.4 Å². The van der Waals surface area contributed by atoms with Crippen LogP contribution < -0.4 is 0 Å². The summed E-state index contributed by atoms with van der Waals surface area (Å²) in [7, 11) is 3.33. The van der Waals surface area contributed by atoms with Crippen LogP contribution in [0.4, 0.5) is 0 Å². The second-order valence-corrected chi connectivity index (χ2v) is 0.894. The minimum Gasteiger partial charge on any atom is -0.610 e. The average Bonchev–Trinajstić information content (AvgIpc) is 0.811. The second kappa shape index (κ2) is 15.7. The van der Waals surface area contributed by atoms with Crippen LogP contribution in [0, 0.1) is 0 Å². The Bertz CT molecular complexity index is 18.4. The van der Waals surface area contributed by atoms with Crippen molar-refractivity contribution in [2.45, 2.75) is 0 Å². The minimum atomic E-state index is 0. The number of nitrogens with zero attached hydrogens (tertiary/aromatic N) is 1. The zero-order valence-electron chi connectivity index (χ0n) is 4.21. The quantitative estimate of drug-likeness (QED) is 0.620. The first kappa shape index (κ1) is 24.0. The Morgan fingerprint density at radius 1 is 1.14 bits per heavy atom. The molecule has 5 heteroatoms. The van der Waals surface area contributed by atoms with Crippen LogP contribution in [-0.2, 0) is 22.4 Å². The molecule has 0 spiro atoms. The summed E-state index contributed by atoms with van der Waals surface area (Å²) in [6.45, 7) is 0. The summed E-state index contributed by atoms with van der Waals surface area (Å²) in [5, 5.41) is 1.25. The molecule has 0 bridgehead atoms. The van der Waals surface area contributed by atoms with Gasteiger partial charge in [0.2, 0.25) is 0 Å². The maximum Gasteiger partial charge on any atom is 0 e. The van der Waals surface area contributed by atoms with Gasteiger partial charge in [0.1, 0.15) is 0 Å². The van der Waals surface area contributed by atoms with E-state index in [1.165, 1.54) is 5.01 Å². The van der Waals surface area contributed by atoms with Crippen molar-refractivity contribution >= 4 is 24.8 Å². The van der Waals surface area contributed by atoms with Gasteiger partial charge in [-0.25, -0.2) is 0 Å². The Labute approximate surface area is 72.1 Å². The third-order valence-corrected chi connectivity index (χ3v) is 0. The second-order valence-electron chi connectivity index (χ2n) is 0.894. The summed E-state index contributed by atoms with van der Waals surface area (Å²) in [6, 6.07) is 0. The van der Waals surface area contributed by atoms with E-state index in [2.05, 4.69) is 0 Å². The monoisotopic (exact) mass is 312 g/mol. The van der Waals surface area contributed by atoms with Gasteiger partial charge in [0.25, 0.3) is 0 Å². The molecule has 1 N–H and O–H groups in total. The van der Waals surface area contributed by atoms with Crippen LogP contribution in [0.5, 0.6) is 0 Å². The van der Waals surface area contributed by atoms with E-state index >= 15 is 0 Å². The first-order valence-electron chi connectivity index (χ1n) is 1.12. The standard InChI is InChI=1S/C2H7N2.2ClH.Ta/c1-4(2)3;;;/h3H,1-2H3;2*1H;/q-1;;;. The summed E-state index contributed by atoms with van der Waals surface area (Å²) < 4.78 is 0. The van der Waals surface area contributed by atoms with Gasteiger partial charge in [-0.15, -0.1) is 24.8 Å². The van der Waals surface area contributed by atoms with E-state index in [1.807, 2.05) is 0 Å². The number of nitrogens with one attached hydrogen (secondary N) is 1. The largest absolute Gasteiger partial charge is 0.610 e. The molecule has 0 aromatic heterocycles. The Balaban J connectivity index is -0.0000000150. The van der Waals surface area contributed by atoms with Crippen LogP contribution in [0.25, 0.3) is 5.84 Å². The van der Waals surface area contributed by atoms with Crippen molar-refractivity contribution in [1.29, 1.82) is 0 Å². The van der Waals surface area contributed by atoms with Crippen LogP contribution in [-0.4, -0.2) is 19.1 Å². The van der Waals surface area contributed by atoms with Crippen LogP contribution in [0.15, 0.2) is 0 Å². The van der Waals surface area contributed by atoms with E-state index in [4.69, 9.17) is 5.84 Å². The molecule has 0 atom stereocenters. The summed E-state index contributed by atoms with van der Waals surface area (Å²) in [4.78, 5) is 0. The minimum absolute atomic E-state index is 0. The molecule has 0 fully saturated rings. The predicted molar refractivity (Wildman–Crippen MR) is 32.5 cm³/mol. The summed E-state index contributed by atoms with van der Waals surface area (Å²) in [6.07, 6.45) is 0. The SMILES string of the molecule is CN(C)[NH-].Cl.Cl.[Ta]. The van der Waals surface area contributed by atoms with Crippen LogP contribution in [0.3, 0.4) is 0 Å². The zero-order chi connectivity index (χ0) is 3.58. The molecule has 7 heavy (non-hydrogen) atoms. The summed E-state index contributed by atoms with van der Waals surface area (Å²) in [5.41, 5.74) is 0. The fourth-order valence-corrected chi connectivity index (χ4v) is 0. The number of hydrogen-bond donors (Lipinski definition) is 0. The third-order valence-electron chi connectivity index (χ3n) is 0. The molecular weight excluding hydrogens is 304 g/mol. The van der Waals surface area contributed by atoms with Crippen molar-refractivity contribution in [3.05, 3.63) is 5.84 Å². The molecule has 0 saturated carbocycles. The molecule has 0 aromatic carbocycles. The van der Waals surface area contributed by atoms with Crippen LogP contribution in [0.1, 0.15) is 0 Å². The fraction of sp³-hybridized carbons (Fsp3) is 1.00. The van der Waals surface area contributed by atoms with Gasteiger partial charge < -0.3 is 10.9 Å². The van der Waals surface area contributed by atoms with Crippen molar-refractivity contribution in [3.63, 3.8) is 0 Å².